The Balaban J connectivity index is 1.40. The van der Waals surface area contributed by atoms with Crippen LogP contribution < -0.4 is 0 Å². The van der Waals surface area contributed by atoms with Crippen molar-refractivity contribution in [2.75, 3.05) is 18.8 Å². The van der Waals surface area contributed by atoms with Crippen molar-refractivity contribution < 1.29 is 9.53 Å². The first-order valence-corrected chi connectivity index (χ1v) is 9.47. The lowest BCUT2D eigenvalue weighted by Gasteiger charge is -2.47. The molecular weight excluding hydrogens is 308 g/mol. The van der Waals surface area contributed by atoms with Crippen LogP contribution in [0.5, 0.6) is 0 Å². The van der Waals surface area contributed by atoms with Crippen molar-refractivity contribution in [2.24, 2.45) is 5.92 Å². The molecule has 0 bridgehead atoms. The van der Waals surface area contributed by atoms with Gasteiger partial charge in [0.1, 0.15) is 0 Å². The molecule has 2 fully saturated rings. The van der Waals surface area contributed by atoms with Crippen molar-refractivity contribution in [2.45, 2.75) is 50.6 Å². The highest BCUT2D eigenvalue weighted by Gasteiger charge is 2.50. The number of pyridine rings is 1. The molecule has 4 nitrogen and oxygen atoms in total. The Labute approximate surface area is 143 Å². The zero-order valence-electron chi connectivity index (χ0n) is 14.0. The molecule has 1 aromatic heterocycles. The van der Waals surface area contributed by atoms with Crippen molar-refractivity contribution in [1.82, 2.24) is 9.88 Å². The van der Waals surface area contributed by atoms with E-state index in [9.17, 15) is 4.79 Å². The Hall–Kier alpha value is -1.07. The summed E-state index contributed by atoms with van der Waals surface area (Å²) in [4.78, 5) is 18.3. The molecule has 2 aliphatic rings. The second-order valence-electron chi connectivity index (χ2n) is 7.17. The van der Waals surface area contributed by atoms with E-state index in [4.69, 9.17) is 4.74 Å². The Morgan fingerprint density at radius 1 is 1.52 bits per heavy atom. The van der Waals surface area contributed by atoms with E-state index in [-0.39, 0.29) is 4.75 Å². The number of ether oxygens (including phenoxy) is 1. The molecule has 23 heavy (non-hydrogen) atoms. The minimum absolute atomic E-state index is 0.257. The fourth-order valence-corrected chi connectivity index (χ4v) is 4.77. The summed E-state index contributed by atoms with van der Waals surface area (Å²) >= 11 is 1.99. The van der Waals surface area contributed by atoms with E-state index in [1.807, 2.05) is 35.0 Å². The third-order valence-electron chi connectivity index (χ3n) is 4.63. The number of rotatable bonds is 6. The van der Waals surface area contributed by atoms with Gasteiger partial charge in [-0.3, -0.25) is 9.78 Å². The molecule has 1 amide bonds. The van der Waals surface area contributed by atoms with Gasteiger partial charge in [-0.25, -0.2) is 0 Å². The molecule has 0 aromatic carbocycles. The maximum absolute atomic E-state index is 12.1. The van der Waals surface area contributed by atoms with Crippen LogP contribution in [0.25, 0.3) is 0 Å². The van der Waals surface area contributed by atoms with E-state index in [1.165, 1.54) is 0 Å². The predicted molar refractivity (Wildman–Crippen MR) is 93.3 cm³/mol. The number of likely N-dealkylation sites (tertiary alicyclic amines) is 1. The molecule has 0 N–H and O–H groups in total. The molecule has 2 saturated heterocycles. The van der Waals surface area contributed by atoms with E-state index in [1.54, 1.807) is 6.20 Å². The first-order chi connectivity index (χ1) is 11.1. The van der Waals surface area contributed by atoms with Crippen molar-refractivity contribution in [3.05, 3.63) is 30.1 Å². The monoisotopic (exact) mass is 334 g/mol. The van der Waals surface area contributed by atoms with Gasteiger partial charge in [0.2, 0.25) is 5.91 Å². The summed E-state index contributed by atoms with van der Waals surface area (Å²) < 4.78 is 6.29. The second kappa shape index (κ2) is 7.22. The van der Waals surface area contributed by atoms with Crippen LogP contribution >= 0.6 is 11.8 Å². The van der Waals surface area contributed by atoms with Crippen LogP contribution in [0, 0.1) is 5.92 Å². The highest BCUT2D eigenvalue weighted by atomic mass is 32.2. The molecule has 126 valence electrons. The first kappa shape index (κ1) is 16.8. The van der Waals surface area contributed by atoms with E-state index in [0.717, 1.165) is 37.2 Å². The minimum atomic E-state index is 0.257. The van der Waals surface area contributed by atoms with E-state index >= 15 is 0 Å². The van der Waals surface area contributed by atoms with E-state index in [0.29, 0.717) is 31.0 Å². The fraction of sp³-hybridized carbons (Fsp3) is 0.667. The topological polar surface area (TPSA) is 42.4 Å². The van der Waals surface area contributed by atoms with Crippen molar-refractivity contribution in [3.8, 4) is 0 Å². The van der Waals surface area contributed by atoms with E-state index in [2.05, 4.69) is 18.8 Å². The molecule has 1 aromatic rings. The quantitative estimate of drug-likeness (QED) is 0.802. The first-order valence-electron chi connectivity index (χ1n) is 8.48. The van der Waals surface area contributed by atoms with Gasteiger partial charge in [0.25, 0.3) is 0 Å². The molecule has 1 spiro atoms. The summed E-state index contributed by atoms with van der Waals surface area (Å²) in [6, 6.07) is 3.99. The highest BCUT2D eigenvalue weighted by molar-refractivity contribution is 8.01. The number of carbonyl (C=O) groups is 1. The summed E-state index contributed by atoms with van der Waals surface area (Å²) in [5.41, 5.74) is 1.12. The summed E-state index contributed by atoms with van der Waals surface area (Å²) in [5.74, 6) is 1.96. The number of amides is 1. The van der Waals surface area contributed by atoms with Crippen LogP contribution in [-0.4, -0.2) is 45.5 Å². The Morgan fingerprint density at radius 3 is 3.04 bits per heavy atom. The van der Waals surface area contributed by atoms with E-state index < -0.39 is 0 Å². The minimum Gasteiger partial charge on any atom is -0.373 e. The van der Waals surface area contributed by atoms with Crippen LogP contribution in [0.4, 0.5) is 0 Å². The maximum Gasteiger partial charge on any atom is 0.222 e. The molecule has 2 aliphatic heterocycles. The van der Waals surface area contributed by atoms with Crippen LogP contribution in [-0.2, 0) is 16.1 Å². The number of hydrogen-bond donors (Lipinski definition) is 0. The zero-order valence-corrected chi connectivity index (χ0v) is 14.8. The summed E-state index contributed by atoms with van der Waals surface area (Å²) in [6.07, 6.45) is 6.69. The standard InChI is InChI=1S/C18H26N2O2S/c1-14(2)5-6-17(21)20-12-18(13-20)8-16(11-23-18)22-10-15-4-3-7-19-9-15/h3-4,7,9,14,16H,5-6,8,10-13H2,1-2H3. The molecule has 5 heteroatoms. The van der Waals surface area contributed by atoms with Crippen LogP contribution in [0.2, 0.25) is 0 Å². The summed E-state index contributed by atoms with van der Waals surface area (Å²) in [6.45, 7) is 6.78. The zero-order chi connectivity index (χ0) is 16.3. The molecule has 3 rings (SSSR count). The maximum atomic E-state index is 12.1. The van der Waals surface area contributed by atoms with Gasteiger partial charge in [-0.05, 0) is 30.4 Å². The van der Waals surface area contributed by atoms with Crippen LogP contribution in [0.15, 0.2) is 24.5 Å². The average molecular weight is 334 g/mol. The summed E-state index contributed by atoms with van der Waals surface area (Å²) in [7, 11) is 0. The summed E-state index contributed by atoms with van der Waals surface area (Å²) in [5, 5.41) is 0. The van der Waals surface area contributed by atoms with Crippen LogP contribution in [0.1, 0.15) is 38.7 Å². The fourth-order valence-electron chi connectivity index (χ4n) is 3.22. The molecule has 1 unspecified atom stereocenters. The molecule has 0 aliphatic carbocycles. The van der Waals surface area contributed by atoms with Crippen molar-refractivity contribution >= 4 is 17.7 Å². The number of thioether (sulfide) groups is 1. The lowest BCUT2D eigenvalue weighted by molar-refractivity contribution is -0.137. The molecular formula is C18H26N2O2S. The van der Waals surface area contributed by atoms with Gasteiger partial charge in [-0.1, -0.05) is 19.9 Å². The number of hydrogen-bond acceptors (Lipinski definition) is 4. The third-order valence-corrected chi connectivity index (χ3v) is 6.21. The number of nitrogens with zero attached hydrogens (tertiary/aromatic N) is 2. The van der Waals surface area contributed by atoms with Crippen LogP contribution in [0.3, 0.4) is 0 Å². The lowest BCUT2D eigenvalue weighted by Crippen LogP contribution is -2.60. The molecule has 1 atom stereocenters. The van der Waals surface area contributed by atoms with Gasteiger partial charge in [-0.15, -0.1) is 11.8 Å². The van der Waals surface area contributed by atoms with Gasteiger partial charge in [0, 0.05) is 37.7 Å². The average Bonchev–Trinajstić information content (AvgIpc) is 2.95. The third kappa shape index (κ3) is 4.27. The molecule has 3 heterocycles. The van der Waals surface area contributed by atoms with Gasteiger partial charge < -0.3 is 9.64 Å². The molecule has 0 saturated carbocycles. The molecule has 0 radical (unpaired) electrons. The Morgan fingerprint density at radius 2 is 2.35 bits per heavy atom. The predicted octanol–water partition coefficient (Wildman–Crippen LogP) is 3.12. The number of aromatic nitrogens is 1. The second-order valence-corrected chi connectivity index (χ2v) is 8.66. The smallest absolute Gasteiger partial charge is 0.222 e. The largest absolute Gasteiger partial charge is 0.373 e. The normalized spacial score (nSPS) is 22.6. The lowest BCUT2D eigenvalue weighted by atomic mass is 9.92. The number of carbonyl (C=O) groups excluding carboxylic acids is 1. The van der Waals surface area contributed by atoms with Crippen molar-refractivity contribution in [3.63, 3.8) is 0 Å². The highest BCUT2D eigenvalue weighted by Crippen LogP contribution is 2.46. The Bertz CT molecular complexity index is 529. The van der Waals surface area contributed by atoms with Gasteiger partial charge >= 0.3 is 0 Å². The Kier molecular flexibility index (Phi) is 5.27. The van der Waals surface area contributed by atoms with Gasteiger partial charge in [-0.2, -0.15) is 0 Å². The van der Waals surface area contributed by atoms with Crippen molar-refractivity contribution in [1.29, 1.82) is 0 Å². The van der Waals surface area contributed by atoms with Gasteiger partial charge in [0.15, 0.2) is 0 Å². The SMILES string of the molecule is CC(C)CCC(=O)N1CC2(CC(OCc3cccnc3)CS2)C1. The van der Waals surface area contributed by atoms with Gasteiger partial charge in [0.05, 0.1) is 17.5 Å².